The minimum Gasteiger partial charge on any atom is -0.398 e. The van der Waals surface area contributed by atoms with Gasteiger partial charge in [-0.15, -0.1) is 0 Å². The molecular formula is C18H24N2O. The van der Waals surface area contributed by atoms with Gasteiger partial charge in [-0.2, -0.15) is 0 Å². The molecular weight excluding hydrogens is 260 g/mol. The Labute approximate surface area is 126 Å². The third kappa shape index (κ3) is 3.20. The zero-order valence-corrected chi connectivity index (χ0v) is 13.1. The van der Waals surface area contributed by atoms with Crippen LogP contribution in [0.2, 0.25) is 0 Å². The zero-order chi connectivity index (χ0) is 15.0. The molecule has 3 rings (SSSR count). The molecule has 1 fully saturated rings. The molecule has 1 atom stereocenters. The maximum absolute atomic E-state index is 6.25. The lowest BCUT2D eigenvalue weighted by Crippen LogP contribution is -2.51. The average Bonchev–Trinajstić information content (AvgIpc) is 2.37. The summed E-state index contributed by atoms with van der Waals surface area (Å²) in [5, 5.41) is 2.46. The fourth-order valence-electron chi connectivity index (χ4n) is 3.39. The lowest BCUT2D eigenvalue weighted by Gasteiger charge is -2.41. The third-order valence-electron chi connectivity index (χ3n) is 4.04. The standard InChI is InChI=1S/C18H24N2O/c1-13-10-20(12-18(2,3)21-13)11-16-8-14-6-4-5-7-15(14)9-17(16)19/h4-9,13H,10-12,19H2,1-3H3. The second kappa shape index (κ2) is 5.32. The van der Waals surface area contributed by atoms with Crippen molar-refractivity contribution in [1.29, 1.82) is 0 Å². The van der Waals surface area contributed by atoms with Crippen molar-refractivity contribution in [2.45, 2.75) is 39.0 Å². The second-order valence-corrected chi connectivity index (χ2v) is 6.76. The van der Waals surface area contributed by atoms with Crippen LogP contribution >= 0.6 is 0 Å². The number of hydrogen-bond donors (Lipinski definition) is 1. The van der Waals surface area contributed by atoms with Crippen molar-refractivity contribution in [3.63, 3.8) is 0 Å². The molecule has 0 spiro atoms. The quantitative estimate of drug-likeness (QED) is 0.859. The highest BCUT2D eigenvalue weighted by Crippen LogP contribution is 2.26. The van der Waals surface area contributed by atoms with E-state index in [0.29, 0.717) is 0 Å². The van der Waals surface area contributed by atoms with E-state index >= 15 is 0 Å². The molecule has 0 saturated carbocycles. The monoisotopic (exact) mass is 284 g/mol. The highest BCUT2D eigenvalue weighted by atomic mass is 16.5. The van der Waals surface area contributed by atoms with E-state index in [2.05, 4.69) is 56.0 Å². The summed E-state index contributed by atoms with van der Waals surface area (Å²) in [5.74, 6) is 0. The maximum Gasteiger partial charge on any atom is 0.0757 e. The Bertz CT molecular complexity index is 651. The zero-order valence-electron chi connectivity index (χ0n) is 13.1. The molecule has 3 nitrogen and oxygen atoms in total. The van der Waals surface area contributed by atoms with Crippen LogP contribution < -0.4 is 5.73 Å². The van der Waals surface area contributed by atoms with E-state index in [1.807, 2.05) is 6.07 Å². The van der Waals surface area contributed by atoms with Gasteiger partial charge < -0.3 is 10.5 Å². The van der Waals surface area contributed by atoms with Crippen LogP contribution in [0.4, 0.5) is 5.69 Å². The Balaban J connectivity index is 1.85. The van der Waals surface area contributed by atoms with Crippen LogP contribution in [-0.2, 0) is 11.3 Å². The summed E-state index contributed by atoms with van der Waals surface area (Å²) in [6.07, 6.45) is 0.260. The first-order chi connectivity index (χ1) is 9.93. The first kappa shape index (κ1) is 14.4. The van der Waals surface area contributed by atoms with E-state index in [0.717, 1.165) is 25.3 Å². The molecule has 1 aliphatic heterocycles. The molecule has 1 saturated heterocycles. The van der Waals surface area contributed by atoms with Gasteiger partial charge >= 0.3 is 0 Å². The van der Waals surface area contributed by atoms with Gasteiger partial charge in [-0.1, -0.05) is 24.3 Å². The second-order valence-electron chi connectivity index (χ2n) is 6.76. The van der Waals surface area contributed by atoms with Gasteiger partial charge in [0.25, 0.3) is 0 Å². The summed E-state index contributed by atoms with van der Waals surface area (Å²) in [6, 6.07) is 12.7. The number of benzene rings is 2. The molecule has 112 valence electrons. The summed E-state index contributed by atoms with van der Waals surface area (Å²) in [4.78, 5) is 2.44. The molecule has 0 aliphatic carbocycles. The van der Waals surface area contributed by atoms with Gasteiger partial charge in [0.1, 0.15) is 0 Å². The molecule has 0 bridgehead atoms. The highest BCUT2D eigenvalue weighted by Gasteiger charge is 2.31. The van der Waals surface area contributed by atoms with E-state index in [1.54, 1.807) is 0 Å². The number of anilines is 1. The topological polar surface area (TPSA) is 38.5 Å². The Morgan fingerprint density at radius 3 is 2.57 bits per heavy atom. The summed E-state index contributed by atoms with van der Waals surface area (Å²) < 4.78 is 5.97. The number of nitrogens with zero attached hydrogens (tertiary/aromatic N) is 1. The van der Waals surface area contributed by atoms with Gasteiger partial charge in [0.05, 0.1) is 11.7 Å². The maximum atomic E-state index is 6.25. The average molecular weight is 284 g/mol. The first-order valence-electron chi connectivity index (χ1n) is 7.60. The van der Waals surface area contributed by atoms with Gasteiger partial charge in [0, 0.05) is 25.3 Å². The number of hydrogen-bond acceptors (Lipinski definition) is 3. The van der Waals surface area contributed by atoms with Gasteiger partial charge in [0.2, 0.25) is 0 Å². The van der Waals surface area contributed by atoms with Crippen LogP contribution in [0.3, 0.4) is 0 Å². The highest BCUT2D eigenvalue weighted by molar-refractivity contribution is 5.86. The van der Waals surface area contributed by atoms with Gasteiger partial charge in [-0.3, -0.25) is 4.90 Å². The molecule has 1 unspecified atom stereocenters. The molecule has 3 heteroatoms. The van der Waals surface area contributed by atoms with Crippen LogP contribution in [0.5, 0.6) is 0 Å². The number of nitrogens with two attached hydrogens (primary N) is 1. The number of fused-ring (bicyclic) bond motifs is 1. The molecule has 0 amide bonds. The fraction of sp³-hybridized carbons (Fsp3) is 0.444. The fourth-order valence-corrected chi connectivity index (χ4v) is 3.39. The number of ether oxygens (including phenoxy) is 1. The molecule has 1 aliphatic rings. The minimum atomic E-state index is -0.0940. The number of rotatable bonds is 2. The predicted octanol–water partition coefficient (Wildman–Crippen LogP) is 3.42. The van der Waals surface area contributed by atoms with Crippen molar-refractivity contribution in [3.8, 4) is 0 Å². The summed E-state index contributed by atoms with van der Waals surface area (Å²) in [5.41, 5.74) is 8.24. The van der Waals surface area contributed by atoms with Crippen molar-refractivity contribution in [3.05, 3.63) is 42.0 Å². The van der Waals surface area contributed by atoms with E-state index in [-0.39, 0.29) is 11.7 Å². The Hall–Kier alpha value is -1.58. The molecule has 2 aromatic carbocycles. The predicted molar refractivity (Wildman–Crippen MR) is 88.3 cm³/mol. The van der Waals surface area contributed by atoms with Crippen LogP contribution in [0, 0.1) is 0 Å². The lowest BCUT2D eigenvalue weighted by molar-refractivity contribution is -0.130. The van der Waals surface area contributed by atoms with E-state index in [9.17, 15) is 0 Å². The van der Waals surface area contributed by atoms with Crippen LogP contribution in [-0.4, -0.2) is 29.7 Å². The van der Waals surface area contributed by atoms with E-state index in [1.165, 1.54) is 16.3 Å². The Morgan fingerprint density at radius 2 is 1.90 bits per heavy atom. The van der Waals surface area contributed by atoms with Crippen molar-refractivity contribution in [2.24, 2.45) is 0 Å². The number of morpholine rings is 1. The largest absolute Gasteiger partial charge is 0.398 e. The van der Waals surface area contributed by atoms with Crippen molar-refractivity contribution >= 4 is 16.5 Å². The smallest absolute Gasteiger partial charge is 0.0757 e. The summed E-state index contributed by atoms with van der Waals surface area (Å²) in [6.45, 7) is 9.21. The van der Waals surface area contributed by atoms with Crippen molar-refractivity contribution in [2.75, 3.05) is 18.8 Å². The normalized spacial score (nSPS) is 22.5. The van der Waals surface area contributed by atoms with E-state index in [4.69, 9.17) is 10.5 Å². The number of nitrogen functional groups attached to an aromatic ring is 1. The van der Waals surface area contributed by atoms with Crippen LogP contribution in [0.15, 0.2) is 36.4 Å². The van der Waals surface area contributed by atoms with Crippen molar-refractivity contribution in [1.82, 2.24) is 4.90 Å². The first-order valence-corrected chi connectivity index (χ1v) is 7.60. The molecule has 2 aromatic rings. The van der Waals surface area contributed by atoms with Gasteiger partial charge in [-0.25, -0.2) is 0 Å². The molecule has 2 N–H and O–H groups in total. The van der Waals surface area contributed by atoms with Crippen molar-refractivity contribution < 1.29 is 4.74 Å². The van der Waals surface area contributed by atoms with E-state index < -0.39 is 0 Å². The minimum absolute atomic E-state index is 0.0940. The molecule has 0 radical (unpaired) electrons. The lowest BCUT2D eigenvalue weighted by atomic mass is 10.0. The van der Waals surface area contributed by atoms with Crippen LogP contribution in [0.25, 0.3) is 10.8 Å². The Morgan fingerprint density at radius 1 is 1.24 bits per heavy atom. The summed E-state index contributed by atoms with van der Waals surface area (Å²) >= 11 is 0. The Kier molecular flexibility index (Phi) is 3.64. The molecule has 21 heavy (non-hydrogen) atoms. The SMILES string of the molecule is CC1CN(Cc2cc3ccccc3cc2N)CC(C)(C)O1. The molecule has 1 heterocycles. The van der Waals surface area contributed by atoms with Gasteiger partial charge in [-0.05, 0) is 49.2 Å². The summed E-state index contributed by atoms with van der Waals surface area (Å²) in [7, 11) is 0. The van der Waals surface area contributed by atoms with Crippen LogP contribution in [0.1, 0.15) is 26.3 Å². The third-order valence-corrected chi connectivity index (χ3v) is 4.04. The van der Waals surface area contributed by atoms with Gasteiger partial charge in [0.15, 0.2) is 0 Å². The molecule has 0 aromatic heterocycles.